The van der Waals surface area contributed by atoms with E-state index < -0.39 is 0 Å². The summed E-state index contributed by atoms with van der Waals surface area (Å²) < 4.78 is 5.34. The maximum absolute atomic E-state index is 6.04. The topological polar surface area (TPSA) is 66.1 Å². The van der Waals surface area contributed by atoms with E-state index in [0.29, 0.717) is 12.5 Å². The second-order valence-electron chi connectivity index (χ2n) is 6.97. The summed E-state index contributed by atoms with van der Waals surface area (Å²) in [6, 6.07) is 7.87. The Morgan fingerprint density at radius 2 is 1.92 bits per heavy atom. The third-order valence-electron chi connectivity index (χ3n) is 4.67. The number of benzene rings is 1. The zero-order valence-corrected chi connectivity index (χ0v) is 15.4. The third kappa shape index (κ3) is 5.11. The van der Waals surface area contributed by atoms with Crippen LogP contribution in [0, 0.1) is 0 Å². The predicted octanol–water partition coefficient (Wildman–Crippen LogP) is 1.13. The normalized spacial score (nSPS) is 17.8. The molecule has 0 amide bonds. The maximum atomic E-state index is 6.04. The highest BCUT2D eigenvalue weighted by Gasteiger charge is 2.28. The number of piperazine rings is 1. The fourth-order valence-corrected chi connectivity index (χ4v) is 2.89. The van der Waals surface area contributed by atoms with E-state index in [1.54, 1.807) is 7.11 Å². The molecular weight excluding hydrogens is 302 g/mol. The number of ether oxygens (including phenoxy) is 1. The van der Waals surface area contributed by atoms with Crippen molar-refractivity contribution in [2.75, 3.05) is 46.9 Å². The van der Waals surface area contributed by atoms with Crippen LogP contribution in [-0.2, 0) is 6.54 Å². The number of guanidine groups is 1. The van der Waals surface area contributed by atoms with Crippen molar-refractivity contribution < 1.29 is 4.74 Å². The van der Waals surface area contributed by atoms with Crippen molar-refractivity contribution in [2.45, 2.75) is 25.9 Å². The molecule has 1 aliphatic rings. The zero-order chi connectivity index (χ0) is 17.6. The first-order valence-corrected chi connectivity index (χ1v) is 8.51. The monoisotopic (exact) mass is 333 g/mol. The summed E-state index contributed by atoms with van der Waals surface area (Å²) in [5.74, 6) is 1.31. The van der Waals surface area contributed by atoms with E-state index in [0.717, 1.165) is 44.0 Å². The van der Waals surface area contributed by atoms with Gasteiger partial charge in [0, 0.05) is 43.8 Å². The summed E-state index contributed by atoms with van der Waals surface area (Å²) in [6.45, 7) is 10.2. The minimum absolute atomic E-state index is 0.0475. The van der Waals surface area contributed by atoms with Gasteiger partial charge in [-0.25, -0.2) is 4.99 Å². The molecule has 0 unspecified atom stereocenters. The van der Waals surface area contributed by atoms with Gasteiger partial charge in [0.2, 0.25) is 0 Å². The minimum atomic E-state index is 0.0475. The molecule has 134 valence electrons. The first kappa shape index (κ1) is 18.5. The van der Waals surface area contributed by atoms with E-state index in [2.05, 4.69) is 41.0 Å². The van der Waals surface area contributed by atoms with Gasteiger partial charge in [-0.2, -0.15) is 0 Å². The molecular formula is C18H31N5O. The largest absolute Gasteiger partial charge is 0.496 e. The van der Waals surface area contributed by atoms with Gasteiger partial charge in [0.15, 0.2) is 5.96 Å². The van der Waals surface area contributed by atoms with Crippen molar-refractivity contribution >= 4 is 5.96 Å². The van der Waals surface area contributed by atoms with Gasteiger partial charge in [0.1, 0.15) is 5.75 Å². The molecule has 0 atom stereocenters. The Balaban J connectivity index is 1.86. The molecule has 1 saturated heterocycles. The lowest BCUT2D eigenvalue weighted by Crippen LogP contribution is -2.58. The number of rotatable bonds is 6. The van der Waals surface area contributed by atoms with Crippen LogP contribution in [0.4, 0.5) is 0 Å². The molecule has 1 aromatic rings. The average Bonchev–Trinajstić information content (AvgIpc) is 2.59. The molecule has 0 spiro atoms. The van der Waals surface area contributed by atoms with Crippen molar-refractivity contribution in [1.29, 1.82) is 0 Å². The van der Waals surface area contributed by atoms with Crippen LogP contribution in [0.5, 0.6) is 5.75 Å². The predicted molar refractivity (Wildman–Crippen MR) is 99.5 cm³/mol. The molecule has 24 heavy (non-hydrogen) atoms. The lowest BCUT2D eigenvalue weighted by atomic mass is 10.0. The highest BCUT2D eigenvalue weighted by Crippen LogP contribution is 2.18. The second kappa shape index (κ2) is 8.35. The van der Waals surface area contributed by atoms with Crippen LogP contribution in [-0.4, -0.2) is 68.2 Å². The van der Waals surface area contributed by atoms with Gasteiger partial charge in [-0.05, 0) is 27.0 Å². The smallest absolute Gasteiger partial charge is 0.188 e. The molecule has 3 N–H and O–H groups in total. The van der Waals surface area contributed by atoms with Crippen molar-refractivity contribution in [3.63, 3.8) is 0 Å². The van der Waals surface area contributed by atoms with Gasteiger partial charge in [0.05, 0.1) is 13.7 Å². The molecule has 0 saturated carbocycles. The van der Waals surface area contributed by atoms with Crippen LogP contribution in [0.2, 0.25) is 0 Å². The quantitative estimate of drug-likeness (QED) is 0.603. The van der Waals surface area contributed by atoms with Crippen molar-refractivity contribution in [3.05, 3.63) is 29.8 Å². The molecule has 6 nitrogen and oxygen atoms in total. The Kier molecular flexibility index (Phi) is 6.45. The highest BCUT2D eigenvalue weighted by molar-refractivity contribution is 5.77. The number of nitrogens with zero attached hydrogens (tertiary/aromatic N) is 3. The molecule has 1 fully saturated rings. The van der Waals surface area contributed by atoms with Gasteiger partial charge in [-0.1, -0.05) is 18.2 Å². The van der Waals surface area contributed by atoms with Crippen molar-refractivity contribution in [1.82, 2.24) is 15.1 Å². The molecule has 0 bridgehead atoms. The second-order valence-corrected chi connectivity index (χ2v) is 6.97. The number of methoxy groups -OCH3 is 1. The lowest BCUT2D eigenvalue weighted by molar-refractivity contribution is 0.0647. The van der Waals surface area contributed by atoms with Gasteiger partial charge < -0.3 is 20.7 Å². The third-order valence-corrected chi connectivity index (χ3v) is 4.67. The fourth-order valence-electron chi connectivity index (χ4n) is 2.89. The number of hydrogen-bond donors (Lipinski definition) is 2. The molecule has 1 heterocycles. The zero-order valence-electron chi connectivity index (χ0n) is 15.4. The van der Waals surface area contributed by atoms with Gasteiger partial charge in [0.25, 0.3) is 0 Å². The van der Waals surface area contributed by atoms with E-state index in [9.17, 15) is 0 Å². The average molecular weight is 333 g/mol. The Labute approximate surface area is 145 Å². The lowest BCUT2D eigenvalue weighted by Gasteiger charge is -2.43. The van der Waals surface area contributed by atoms with Crippen LogP contribution in [0.15, 0.2) is 29.3 Å². The fraction of sp³-hybridized carbons (Fsp3) is 0.611. The molecule has 2 rings (SSSR count). The van der Waals surface area contributed by atoms with E-state index in [-0.39, 0.29) is 5.54 Å². The summed E-state index contributed by atoms with van der Waals surface area (Å²) in [4.78, 5) is 9.31. The summed E-state index contributed by atoms with van der Waals surface area (Å²) in [7, 11) is 3.84. The number of aliphatic imine (C=N–C) groups is 1. The number of hydrogen-bond acceptors (Lipinski definition) is 4. The standard InChI is InChI=1S/C18H31N5O/c1-18(2,23-11-9-22(3)10-12-23)14-21-17(19)20-13-15-7-5-6-8-16(15)24-4/h5-8H,9-14H2,1-4H3,(H3,19,20,21). The number of likely N-dealkylation sites (N-methyl/N-ethyl adjacent to an activating group) is 1. The molecule has 6 heteroatoms. The van der Waals surface area contributed by atoms with Crippen LogP contribution < -0.4 is 15.8 Å². The summed E-state index contributed by atoms with van der Waals surface area (Å²) in [5, 5.41) is 3.27. The molecule has 1 aliphatic heterocycles. The van der Waals surface area contributed by atoms with Crippen molar-refractivity contribution in [2.24, 2.45) is 10.7 Å². The Bertz CT molecular complexity index is 550. The van der Waals surface area contributed by atoms with E-state index in [1.165, 1.54) is 0 Å². The molecule has 0 aromatic heterocycles. The Hall–Kier alpha value is -1.79. The minimum Gasteiger partial charge on any atom is -0.496 e. The van der Waals surface area contributed by atoms with Crippen LogP contribution >= 0.6 is 0 Å². The Morgan fingerprint density at radius 1 is 1.25 bits per heavy atom. The molecule has 0 radical (unpaired) electrons. The maximum Gasteiger partial charge on any atom is 0.188 e. The summed E-state index contributed by atoms with van der Waals surface area (Å²) in [5.41, 5.74) is 7.12. The first-order valence-electron chi connectivity index (χ1n) is 8.51. The van der Waals surface area contributed by atoms with Gasteiger partial charge >= 0.3 is 0 Å². The summed E-state index contributed by atoms with van der Waals surface area (Å²) in [6.07, 6.45) is 0. The molecule has 0 aliphatic carbocycles. The first-order chi connectivity index (χ1) is 11.4. The Morgan fingerprint density at radius 3 is 2.58 bits per heavy atom. The van der Waals surface area contributed by atoms with E-state index >= 15 is 0 Å². The summed E-state index contributed by atoms with van der Waals surface area (Å²) >= 11 is 0. The van der Waals surface area contributed by atoms with Crippen molar-refractivity contribution in [3.8, 4) is 5.75 Å². The van der Waals surface area contributed by atoms with Gasteiger partial charge in [-0.15, -0.1) is 0 Å². The SMILES string of the molecule is COc1ccccc1CN=C(N)NCC(C)(C)N1CCN(C)CC1. The number of nitrogens with two attached hydrogens (primary N) is 1. The molecule has 1 aromatic carbocycles. The van der Waals surface area contributed by atoms with Crippen LogP contribution in [0.25, 0.3) is 0 Å². The van der Waals surface area contributed by atoms with Crippen LogP contribution in [0.3, 0.4) is 0 Å². The van der Waals surface area contributed by atoms with E-state index in [1.807, 2.05) is 24.3 Å². The highest BCUT2D eigenvalue weighted by atomic mass is 16.5. The number of para-hydroxylation sites is 1. The number of nitrogens with one attached hydrogen (secondary N) is 1. The van der Waals surface area contributed by atoms with Crippen LogP contribution in [0.1, 0.15) is 19.4 Å². The van der Waals surface area contributed by atoms with Gasteiger partial charge in [-0.3, -0.25) is 4.90 Å². The van der Waals surface area contributed by atoms with E-state index in [4.69, 9.17) is 10.5 Å².